The van der Waals surface area contributed by atoms with Crippen molar-refractivity contribution in [2.24, 2.45) is 0 Å². The predicted octanol–water partition coefficient (Wildman–Crippen LogP) is -0.0989. The molecule has 4 N–H and O–H groups in total. The third-order valence-corrected chi connectivity index (χ3v) is 4.50. The molecular weight excluding hydrogens is 338 g/mol. The minimum atomic E-state index is -3.98. The van der Waals surface area contributed by atoms with Crippen molar-refractivity contribution in [2.75, 3.05) is 5.32 Å². The van der Waals surface area contributed by atoms with Crippen molar-refractivity contribution >= 4 is 33.5 Å². The van der Waals surface area contributed by atoms with Crippen LogP contribution in [0.2, 0.25) is 0 Å². The van der Waals surface area contributed by atoms with Gasteiger partial charge in [0.1, 0.15) is 6.04 Å². The van der Waals surface area contributed by atoms with Crippen molar-refractivity contribution in [3.05, 3.63) is 24.3 Å². The summed E-state index contributed by atoms with van der Waals surface area (Å²) in [5.74, 6) is -2.28. The Labute approximate surface area is 139 Å². The molecule has 0 aromatic heterocycles. The van der Waals surface area contributed by atoms with Crippen LogP contribution in [0.5, 0.6) is 0 Å². The van der Waals surface area contributed by atoms with Crippen LogP contribution in [0.4, 0.5) is 5.69 Å². The third kappa shape index (κ3) is 5.63. The molecule has 0 aliphatic carbocycles. The van der Waals surface area contributed by atoms with Crippen molar-refractivity contribution in [1.29, 1.82) is 0 Å². The number of rotatable bonds is 7. The lowest BCUT2D eigenvalue weighted by Crippen LogP contribution is -2.49. The summed E-state index contributed by atoms with van der Waals surface area (Å²) in [7, 11) is -3.98. The molecule has 0 saturated heterocycles. The summed E-state index contributed by atoms with van der Waals surface area (Å²) in [6.07, 6.45) is 0. The number of carbonyl (C=O) groups is 3. The van der Waals surface area contributed by atoms with Crippen LogP contribution in [0.3, 0.4) is 0 Å². The number of hydrogen-bond acceptors (Lipinski definition) is 5. The molecule has 1 rings (SSSR count). The maximum atomic E-state index is 12.2. The summed E-state index contributed by atoms with van der Waals surface area (Å²) < 4.78 is 26.6. The Morgan fingerprint density at radius 3 is 2.04 bits per heavy atom. The van der Waals surface area contributed by atoms with Gasteiger partial charge in [-0.15, -0.1) is 0 Å². The Kier molecular flexibility index (Phi) is 6.43. The topological polar surface area (TPSA) is 142 Å². The molecule has 1 aromatic rings. The van der Waals surface area contributed by atoms with E-state index < -0.39 is 34.0 Å². The van der Waals surface area contributed by atoms with Crippen LogP contribution in [0.1, 0.15) is 20.8 Å². The second-order valence-corrected chi connectivity index (χ2v) is 6.83. The summed E-state index contributed by atoms with van der Waals surface area (Å²) >= 11 is 0. The SMILES string of the molecule is CC(=O)Nc1ccc(S(=O)(=O)NC(C)C(=O)NC(C)C(=O)O)cc1. The van der Waals surface area contributed by atoms with Gasteiger partial charge in [-0.2, -0.15) is 4.72 Å². The van der Waals surface area contributed by atoms with E-state index in [2.05, 4.69) is 15.4 Å². The molecule has 2 amide bonds. The van der Waals surface area contributed by atoms with Gasteiger partial charge in [-0.25, -0.2) is 8.42 Å². The van der Waals surface area contributed by atoms with Gasteiger partial charge in [0.25, 0.3) is 0 Å². The molecule has 132 valence electrons. The number of aliphatic carboxylic acids is 1. The van der Waals surface area contributed by atoms with E-state index in [0.29, 0.717) is 5.69 Å². The summed E-state index contributed by atoms with van der Waals surface area (Å²) in [4.78, 5) is 33.3. The summed E-state index contributed by atoms with van der Waals surface area (Å²) in [6, 6.07) is 3.07. The number of anilines is 1. The largest absolute Gasteiger partial charge is 0.480 e. The lowest BCUT2D eigenvalue weighted by molar-refractivity contribution is -0.141. The molecule has 10 heteroatoms. The highest BCUT2D eigenvalue weighted by Crippen LogP contribution is 2.14. The molecule has 9 nitrogen and oxygen atoms in total. The summed E-state index contributed by atoms with van der Waals surface area (Å²) in [5, 5.41) is 13.4. The Bertz CT molecular complexity index is 729. The van der Waals surface area contributed by atoms with Gasteiger partial charge in [0.05, 0.1) is 10.9 Å². The molecule has 0 saturated carbocycles. The van der Waals surface area contributed by atoms with Crippen LogP contribution >= 0.6 is 0 Å². The third-order valence-electron chi connectivity index (χ3n) is 2.94. The van der Waals surface area contributed by atoms with Crippen LogP contribution in [0.25, 0.3) is 0 Å². The van der Waals surface area contributed by atoms with Gasteiger partial charge >= 0.3 is 5.97 Å². The quantitative estimate of drug-likeness (QED) is 0.537. The first-order valence-electron chi connectivity index (χ1n) is 6.96. The maximum absolute atomic E-state index is 12.2. The average Bonchev–Trinajstić information content (AvgIpc) is 2.46. The first kappa shape index (κ1) is 19.6. The number of nitrogens with one attached hydrogen (secondary N) is 3. The molecule has 0 heterocycles. The molecule has 1 aromatic carbocycles. The normalized spacial score (nSPS) is 13.6. The number of hydrogen-bond donors (Lipinski definition) is 4. The van der Waals surface area contributed by atoms with Gasteiger partial charge in [0.2, 0.25) is 21.8 Å². The molecule has 0 aliphatic rings. The molecule has 2 unspecified atom stereocenters. The summed E-state index contributed by atoms with van der Waals surface area (Å²) in [5.41, 5.74) is 0.433. The fourth-order valence-electron chi connectivity index (χ4n) is 1.68. The van der Waals surface area contributed by atoms with Gasteiger partial charge in [-0.3, -0.25) is 14.4 Å². The van der Waals surface area contributed by atoms with Gasteiger partial charge in [0.15, 0.2) is 0 Å². The van der Waals surface area contributed by atoms with Crippen LogP contribution in [0.15, 0.2) is 29.2 Å². The zero-order valence-corrected chi connectivity index (χ0v) is 14.2. The van der Waals surface area contributed by atoms with Crippen LogP contribution < -0.4 is 15.4 Å². The number of carbonyl (C=O) groups excluding carboxylic acids is 2. The van der Waals surface area contributed by atoms with Crippen molar-refractivity contribution in [1.82, 2.24) is 10.0 Å². The lowest BCUT2D eigenvalue weighted by Gasteiger charge is -2.16. The molecule has 0 fully saturated rings. The first-order chi connectivity index (χ1) is 11.0. The number of carboxylic acids is 1. The highest BCUT2D eigenvalue weighted by Gasteiger charge is 2.24. The fraction of sp³-hybridized carbons (Fsp3) is 0.357. The summed E-state index contributed by atoms with van der Waals surface area (Å²) in [6.45, 7) is 3.89. The molecule has 0 aliphatic heterocycles. The van der Waals surface area contributed by atoms with E-state index in [4.69, 9.17) is 5.11 Å². The van der Waals surface area contributed by atoms with Crippen molar-refractivity contribution in [2.45, 2.75) is 37.8 Å². The smallest absolute Gasteiger partial charge is 0.325 e. The second-order valence-electron chi connectivity index (χ2n) is 5.12. The Hall–Kier alpha value is -2.46. The zero-order valence-electron chi connectivity index (χ0n) is 13.4. The number of amides is 2. The standard InChI is InChI=1S/C14H19N3O6S/c1-8(13(19)15-9(2)14(20)21)17-24(22,23)12-6-4-11(5-7-12)16-10(3)18/h4-9,17H,1-3H3,(H,15,19)(H,16,18)(H,20,21). The predicted molar refractivity (Wildman–Crippen MR) is 85.8 cm³/mol. The van der Waals surface area contributed by atoms with Crippen molar-refractivity contribution in [3.63, 3.8) is 0 Å². The van der Waals surface area contributed by atoms with Gasteiger partial charge < -0.3 is 15.7 Å². The van der Waals surface area contributed by atoms with E-state index in [1.807, 2.05) is 0 Å². The van der Waals surface area contributed by atoms with E-state index in [9.17, 15) is 22.8 Å². The number of sulfonamides is 1. The maximum Gasteiger partial charge on any atom is 0.325 e. The van der Waals surface area contributed by atoms with Crippen molar-refractivity contribution < 1.29 is 27.9 Å². The highest BCUT2D eigenvalue weighted by molar-refractivity contribution is 7.89. The van der Waals surface area contributed by atoms with Gasteiger partial charge in [-0.1, -0.05) is 0 Å². The molecular formula is C14H19N3O6S. The second kappa shape index (κ2) is 7.88. The first-order valence-corrected chi connectivity index (χ1v) is 8.44. The van der Waals surface area contributed by atoms with Crippen LogP contribution in [-0.2, 0) is 24.4 Å². The number of carboxylic acid groups (broad SMARTS) is 1. The fourth-order valence-corrected chi connectivity index (χ4v) is 2.88. The van der Waals surface area contributed by atoms with Gasteiger partial charge in [0, 0.05) is 12.6 Å². The average molecular weight is 357 g/mol. The van der Waals surface area contributed by atoms with Crippen LogP contribution in [-0.4, -0.2) is 43.4 Å². The molecule has 0 spiro atoms. The number of benzene rings is 1. The van der Waals surface area contributed by atoms with E-state index in [1.165, 1.54) is 45.0 Å². The zero-order chi connectivity index (χ0) is 18.5. The molecule has 0 radical (unpaired) electrons. The lowest BCUT2D eigenvalue weighted by atomic mass is 10.3. The monoisotopic (exact) mass is 357 g/mol. The van der Waals surface area contributed by atoms with E-state index in [-0.39, 0.29) is 10.8 Å². The van der Waals surface area contributed by atoms with E-state index >= 15 is 0 Å². The Balaban J connectivity index is 2.79. The van der Waals surface area contributed by atoms with Crippen molar-refractivity contribution in [3.8, 4) is 0 Å². The Morgan fingerprint density at radius 2 is 1.58 bits per heavy atom. The molecule has 2 atom stereocenters. The van der Waals surface area contributed by atoms with E-state index in [0.717, 1.165) is 0 Å². The Morgan fingerprint density at radius 1 is 1.04 bits per heavy atom. The minimum absolute atomic E-state index is 0.0949. The minimum Gasteiger partial charge on any atom is -0.480 e. The van der Waals surface area contributed by atoms with Crippen LogP contribution in [0, 0.1) is 0 Å². The molecule has 0 bridgehead atoms. The van der Waals surface area contributed by atoms with E-state index in [1.54, 1.807) is 0 Å². The van der Waals surface area contributed by atoms with Gasteiger partial charge in [-0.05, 0) is 38.1 Å². The highest BCUT2D eigenvalue weighted by atomic mass is 32.2. The molecule has 24 heavy (non-hydrogen) atoms.